The summed E-state index contributed by atoms with van der Waals surface area (Å²) in [6, 6.07) is 17.4. The zero-order chi connectivity index (χ0) is 19.5. The van der Waals surface area contributed by atoms with Gasteiger partial charge in [-0.05, 0) is 17.5 Å². The van der Waals surface area contributed by atoms with Gasteiger partial charge in [0, 0.05) is 13.0 Å². The van der Waals surface area contributed by atoms with Crippen LogP contribution in [0.15, 0.2) is 60.7 Å². The number of hydrogen-bond acceptors (Lipinski definition) is 4. The predicted molar refractivity (Wildman–Crippen MR) is 98.7 cm³/mol. The number of carboxylic acids is 1. The minimum atomic E-state index is -1.05. The Labute approximate surface area is 157 Å². The van der Waals surface area contributed by atoms with Crippen molar-refractivity contribution in [2.75, 3.05) is 0 Å². The third kappa shape index (κ3) is 7.60. The third-order valence-electron chi connectivity index (χ3n) is 3.78. The Morgan fingerprint density at radius 1 is 0.926 bits per heavy atom. The number of aliphatic carboxylic acids is 1. The summed E-state index contributed by atoms with van der Waals surface area (Å²) in [7, 11) is 0. The van der Waals surface area contributed by atoms with Crippen LogP contribution in [-0.4, -0.2) is 29.1 Å². The molecule has 7 nitrogen and oxygen atoms in total. The van der Waals surface area contributed by atoms with E-state index >= 15 is 0 Å². The van der Waals surface area contributed by atoms with Gasteiger partial charge in [-0.15, -0.1) is 0 Å². The average molecular weight is 370 g/mol. The highest BCUT2D eigenvalue weighted by atomic mass is 16.5. The first-order valence-electron chi connectivity index (χ1n) is 8.55. The van der Waals surface area contributed by atoms with Crippen molar-refractivity contribution in [1.82, 2.24) is 10.6 Å². The van der Waals surface area contributed by atoms with Gasteiger partial charge in [0.25, 0.3) is 0 Å². The van der Waals surface area contributed by atoms with Crippen molar-refractivity contribution in [3.05, 3.63) is 71.8 Å². The van der Waals surface area contributed by atoms with Crippen LogP contribution in [0.25, 0.3) is 0 Å². The largest absolute Gasteiger partial charge is 0.481 e. The number of rotatable bonds is 9. The van der Waals surface area contributed by atoms with Crippen LogP contribution in [-0.2, 0) is 27.5 Å². The van der Waals surface area contributed by atoms with E-state index in [2.05, 4.69) is 10.6 Å². The fourth-order valence-corrected chi connectivity index (χ4v) is 2.35. The lowest BCUT2D eigenvalue weighted by Crippen LogP contribution is -2.46. The molecule has 2 aromatic carbocycles. The molecule has 7 heteroatoms. The van der Waals surface area contributed by atoms with Crippen LogP contribution >= 0.6 is 0 Å². The Morgan fingerprint density at radius 2 is 1.52 bits per heavy atom. The van der Waals surface area contributed by atoms with Gasteiger partial charge >= 0.3 is 12.1 Å². The number of amides is 2. The summed E-state index contributed by atoms with van der Waals surface area (Å²) < 4.78 is 5.10. The first kappa shape index (κ1) is 20.0. The molecule has 0 saturated carbocycles. The lowest BCUT2D eigenvalue weighted by molar-refractivity contribution is -0.137. The van der Waals surface area contributed by atoms with Crippen LogP contribution in [0.1, 0.15) is 24.0 Å². The van der Waals surface area contributed by atoms with Gasteiger partial charge < -0.3 is 20.5 Å². The average Bonchev–Trinajstić information content (AvgIpc) is 2.69. The van der Waals surface area contributed by atoms with Crippen LogP contribution in [0.2, 0.25) is 0 Å². The molecular weight excluding hydrogens is 348 g/mol. The number of ether oxygens (including phenoxy) is 1. The van der Waals surface area contributed by atoms with Crippen LogP contribution < -0.4 is 10.6 Å². The Kier molecular flexibility index (Phi) is 7.84. The molecule has 1 atom stereocenters. The molecule has 0 aliphatic carbocycles. The molecule has 0 aliphatic rings. The van der Waals surface area contributed by atoms with E-state index in [-0.39, 0.29) is 26.0 Å². The molecule has 0 bridgehead atoms. The minimum absolute atomic E-state index is 0.0314. The van der Waals surface area contributed by atoms with Gasteiger partial charge in [-0.1, -0.05) is 60.7 Å². The van der Waals surface area contributed by atoms with Crippen LogP contribution in [0.3, 0.4) is 0 Å². The van der Waals surface area contributed by atoms with E-state index in [1.165, 1.54) is 0 Å². The Hall–Kier alpha value is -3.35. The van der Waals surface area contributed by atoms with Crippen LogP contribution in [0, 0.1) is 0 Å². The zero-order valence-corrected chi connectivity index (χ0v) is 14.8. The summed E-state index contributed by atoms with van der Waals surface area (Å²) in [5, 5.41) is 14.0. The number of carboxylic acid groups (broad SMARTS) is 1. The lowest BCUT2D eigenvalue weighted by Gasteiger charge is -2.18. The zero-order valence-electron chi connectivity index (χ0n) is 14.8. The Morgan fingerprint density at radius 3 is 2.11 bits per heavy atom. The quantitative estimate of drug-likeness (QED) is 0.629. The predicted octanol–water partition coefficient (Wildman–Crippen LogP) is 2.46. The highest BCUT2D eigenvalue weighted by Crippen LogP contribution is 2.04. The molecule has 3 N–H and O–H groups in total. The highest BCUT2D eigenvalue weighted by Gasteiger charge is 2.22. The van der Waals surface area contributed by atoms with Gasteiger partial charge in [0.15, 0.2) is 0 Å². The van der Waals surface area contributed by atoms with Crippen molar-refractivity contribution >= 4 is 18.0 Å². The van der Waals surface area contributed by atoms with Crippen molar-refractivity contribution in [1.29, 1.82) is 0 Å². The summed E-state index contributed by atoms with van der Waals surface area (Å²) in [5.41, 5.74) is 1.71. The molecular formula is C20H22N2O5. The first-order chi connectivity index (χ1) is 13.0. The SMILES string of the molecule is O=C(O)CCC(NC(=O)OCc1ccccc1)C(=O)NCc1ccccc1. The molecule has 0 fully saturated rings. The summed E-state index contributed by atoms with van der Waals surface area (Å²) in [6.45, 7) is 0.341. The standard InChI is InChI=1S/C20H22N2O5/c23-18(24)12-11-17(19(25)21-13-15-7-3-1-4-8-15)22-20(26)27-14-16-9-5-2-6-10-16/h1-10,17H,11-14H2,(H,21,25)(H,22,26)(H,23,24). The minimum Gasteiger partial charge on any atom is -0.481 e. The highest BCUT2D eigenvalue weighted by molar-refractivity contribution is 5.86. The fourth-order valence-electron chi connectivity index (χ4n) is 2.35. The topological polar surface area (TPSA) is 105 Å². The van der Waals surface area contributed by atoms with Crippen LogP contribution in [0.4, 0.5) is 4.79 Å². The molecule has 0 saturated heterocycles. The van der Waals surface area contributed by atoms with Crippen molar-refractivity contribution in [3.8, 4) is 0 Å². The summed E-state index contributed by atoms with van der Waals surface area (Å²) in [5.74, 6) is -1.51. The van der Waals surface area contributed by atoms with E-state index in [1.807, 2.05) is 60.7 Å². The van der Waals surface area contributed by atoms with E-state index in [1.54, 1.807) is 0 Å². The van der Waals surface area contributed by atoms with E-state index in [9.17, 15) is 14.4 Å². The lowest BCUT2D eigenvalue weighted by atomic mass is 10.1. The molecule has 142 valence electrons. The number of alkyl carbamates (subject to hydrolysis) is 1. The molecule has 1 unspecified atom stereocenters. The van der Waals surface area contributed by atoms with Gasteiger partial charge in [0.2, 0.25) is 5.91 Å². The molecule has 0 heterocycles. The maximum atomic E-state index is 12.4. The van der Waals surface area contributed by atoms with Gasteiger partial charge in [-0.2, -0.15) is 0 Å². The van der Waals surface area contributed by atoms with Crippen molar-refractivity contribution in [3.63, 3.8) is 0 Å². The molecule has 27 heavy (non-hydrogen) atoms. The second-order valence-corrected chi connectivity index (χ2v) is 5.89. The normalized spacial score (nSPS) is 11.3. The molecule has 0 spiro atoms. The van der Waals surface area contributed by atoms with Gasteiger partial charge in [-0.3, -0.25) is 9.59 Å². The second-order valence-electron chi connectivity index (χ2n) is 5.89. The van der Waals surface area contributed by atoms with Crippen molar-refractivity contribution in [2.45, 2.75) is 32.0 Å². The van der Waals surface area contributed by atoms with E-state index < -0.39 is 24.0 Å². The number of hydrogen-bond donors (Lipinski definition) is 3. The molecule has 2 rings (SSSR count). The molecule has 0 aromatic heterocycles. The summed E-state index contributed by atoms with van der Waals surface area (Å²) >= 11 is 0. The maximum absolute atomic E-state index is 12.4. The number of nitrogens with one attached hydrogen (secondary N) is 2. The fraction of sp³-hybridized carbons (Fsp3) is 0.250. The van der Waals surface area contributed by atoms with Gasteiger partial charge in [0.1, 0.15) is 12.6 Å². The smallest absolute Gasteiger partial charge is 0.408 e. The monoisotopic (exact) mass is 370 g/mol. The first-order valence-corrected chi connectivity index (χ1v) is 8.55. The third-order valence-corrected chi connectivity index (χ3v) is 3.78. The van der Waals surface area contributed by atoms with Crippen molar-refractivity contribution in [2.24, 2.45) is 0 Å². The summed E-state index contributed by atoms with van der Waals surface area (Å²) in [4.78, 5) is 35.2. The molecule has 0 aliphatic heterocycles. The van der Waals surface area contributed by atoms with Gasteiger partial charge in [0.05, 0.1) is 0 Å². The van der Waals surface area contributed by atoms with E-state index in [0.29, 0.717) is 0 Å². The molecule has 2 aromatic rings. The van der Waals surface area contributed by atoms with Crippen molar-refractivity contribution < 1.29 is 24.2 Å². The van der Waals surface area contributed by atoms with E-state index in [0.717, 1.165) is 11.1 Å². The van der Waals surface area contributed by atoms with Crippen LogP contribution in [0.5, 0.6) is 0 Å². The maximum Gasteiger partial charge on any atom is 0.408 e. The Bertz CT molecular complexity index is 749. The molecule has 0 radical (unpaired) electrons. The molecule has 2 amide bonds. The summed E-state index contributed by atoms with van der Waals surface area (Å²) in [6.07, 6.45) is -1.05. The number of benzene rings is 2. The van der Waals surface area contributed by atoms with Gasteiger partial charge in [-0.25, -0.2) is 4.79 Å². The number of carbonyl (C=O) groups excluding carboxylic acids is 2. The number of carbonyl (C=O) groups is 3. The second kappa shape index (κ2) is 10.6. The van der Waals surface area contributed by atoms with E-state index in [4.69, 9.17) is 9.84 Å². The Balaban J connectivity index is 1.88.